The molecule has 1 aliphatic rings. The number of hydrogen-bond acceptors (Lipinski definition) is 3. The first-order valence-corrected chi connectivity index (χ1v) is 8.16. The molecule has 5 nitrogen and oxygen atoms in total. The van der Waals surface area contributed by atoms with Crippen LogP contribution in [0.15, 0.2) is 24.3 Å². The van der Waals surface area contributed by atoms with Crippen molar-refractivity contribution in [3.63, 3.8) is 0 Å². The number of likely N-dealkylation sites (tertiary alicyclic amines) is 1. The summed E-state index contributed by atoms with van der Waals surface area (Å²) in [5.41, 5.74) is 0.745. The van der Waals surface area contributed by atoms with Gasteiger partial charge in [0, 0.05) is 22.7 Å². The summed E-state index contributed by atoms with van der Waals surface area (Å²) in [6, 6.07) is 7.68. The van der Waals surface area contributed by atoms with Crippen molar-refractivity contribution in [2.75, 3.05) is 19.7 Å². The number of carbonyl (C=O) groups is 2. The summed E-state index contributed by atoms with van der Waals surface area (Å²) >= 11 is 2.18. The van der Waals surface area contributed by atoms with E-state index < -0.39 is 0 Å². The standard InChI is InChI=1S/C15H19IN2O3/c1-2-21-15(20)17-11-7-9-18(10-8-11)14(19)12-5-3-4-6-13(12)16/h3-6,11H,2,7-10H2,1H3,(H,17,20). The summed E-state index contributed by atoms with van der Waals surface area (Å²) in [4.78, 5) is 25.7. The van der Waals surface area contributed by atoms with Gasteiger partial charge in [0.2, 0.25) is 0 Å². The minimum atomic E-state index is -0.375. The predicted molar refractivity (Wildman–Crippen MR) is 88.2 cm³/mol. The lowest BCUT2D eigenvalue weighted by molar-refractivity contribution is 0.0701. The molecule has 1 N–H and O–H groups in total. The van der Waals surface area contributed by atoms with Gasteiger partial charge in [-0.2, -0.15) is 0 Å². The first-order valence-electron chi connectivity index (χ1n) is 7.09. The molecule has 0 aromatic heterocycles. The van der Waals surface area contributed by atoms with Crippen LogP contribution in [-0.2, 0) is 4.74 Å². The van der Waals surface area contributed by atoms with E-state index in [-0.39, 0.29) is 18.0 Å². The second-order valence-electron chi connectivity index (χ2n) is 4.91. The molecule has 2 rings (SSSR count). The van der Waals surface area contributed by atoms with Gasteiger partial charge in [-0.25, -0.2) is 4.79 Å². The van der Waals surface area contributed by atoms with Crippen LogP contribution >= 0.6 is 22.6 Å². The van der Waals surface area contributed by atoms with Gasteiger partial charge in [-0.1, -0.05) is 12.1 Å². The van der Waals surface area contributed by atoms with Gasteiger partial charge >= 0.3 is 6.09 Å². The van der Waals surface area contributed by atoms with Crippen LogP contribution in [0.1, 0.15) is 30.1 Å². The minimum Gasteiger partial charge on any atom is -0.450 e. The first-order chi connectivity index (χ1) is 10.1. The maximum Gasteiger partial charge on any atom is 0.407 e. The molecule has 6 heteroatoms. The summed E-state index contributed by atoms with van der Waals surface area (Å²) in [5, 5.41) is 2.83. The molecule has 2 amide bonds. The van der Waals surface area contributed by atoms with Gasteiger partial charge in [-0.05, 0) is 54.5 Å². The Morgan fingerprint density at radius 3 is 2.62 bits per heavy atom. The average Bonchev–Trinajstić information content (AvgIpc) is 2.48. The van der Waals surface area contributed by atoms with Crippen LogP contribution in [0.5, 0.6) is 0 Å². The van der Waals surface area contributed by atoms with Crippen LogP contribution in [0.2, 0.25) is 0 Å². The summed E-state index contributed by atoms with van der Waals surface area (Å²) in [6.07, 6.45) is 1.14. The van der Waals surface area contributed by atoms with Crippen LogP contribution in [0.4, 0.5) is 4.79 Å². The van der Waals surface area contributed by atoms with Crippen LogP contribution in [0.3, 0.4) is 0 Å². The Hall–Kier alpha value is -1.31. The smallest absolute Gasteiger partial charge is 0.407 e. The highest BCUT2D eigenvalue weighted by Gasteiger charge is 2.25. The molecule has 1 aromatic carbocycles. The van der Waals surface area contributed by atoms with Crippen LogP contribution in [0.25, 0.3) is 0 Å². The van der Waals surface area contributed by atoms with Gasteiger partial charge in [0.05, 0.1) is 12.2 Å². The average molecular weight is 402 g/mol. The highest BCUT2D eigenvalue weighted by Crippen LogP contribution is 2.18. The molecule has 0 spiro atoms. The SMILES string of the molecule is CCOC(=O)NC1CCN(C(=O)c2ccccc2I)CC1. The molecular formula is C15H19IN2O3. The molecule has 1 fully saturated rings. The van der Waals surface area contributed by atoms with E-state index in [4.69, 9.17) is 4.74 Å². The number of halogens is 1. The van der Waals surface area contributed by atoms with Gasteiger partial charge in [0.15, 0.2) is 0 Å². The van der Waals surface area contributed by atoms with Crippen molar-refractivity contribution in [1.82, 2.24) is 10.2 Å². The molecule has 1 heterocycles. The quantitative estimate of drug-likeness (QED) is 0.792. The van der Waals surface area contributed by atoms with Crippen molar-refractivity contribution >= 4 is 34.6 Å². The molecule has 1 saturated heterocycles. The number of nitrogens with one attached hydrogen (secondary N) is 1. The maximum atomic E-state index is 12.5. The predicted octanol–water partition coefficient (Wildman–Crippen LogP) is 2.64. The zero-order valence-electron chi connectivity index (χ0n) is 12.0. The Morgan fingerprint density at radius 1 is 1.33 bits per heavy atom. The van der Waals surface area contributed by atoms with E-state index in [9.17, 15) is 9.59 Å². The lowest BCUT2D eigenvalue weighted by Crippen LogP contribution is -2.46. The van der Waals surface area contributed by atoms with Crippen molar-refractivity contribution in [2.24, 2.45) is 0 Å². The number of rotatable bonds is 3. The summed E-state index contributed by atoms with van der Waals surface area (Å²) in [7, 11) is 0. The second-order valence-corrected chi connectivity index (χ2v) is 6.07. The normalized spacial score (nSPS) is 15.6. The first kappa shape index (κ1) is 16.1. The van der Waals surface area contributed by atoms with E-state index >= 15 is 0 Å². The Labute approximate surface area is 138 Å². The largest absolute Gasteiger partial charge is 0.450 e. The van der Waals surface area contributed by atoms with E-state index in [1.54, 1.807) is 6.92 Å². The Kier molecular flexibility index (Phi) is 5.84. The Balaban J connectivity index is 1.88. The Morgan fingerprint density at radius 2 is 2.00 bits per heavy atom. The van der Waals surface area contributed by atoms with Crippen LogP contribution in [0, 0.1) is 3.57 Å². The van der Waals surface area contributed by atoms with E-state index in [2.05, 4.69) is 27.9 Å². The highest BCUT2D eigenvalue weighted by atomic mass is 127. The number of carbonyl (C=O) groups excluding carboxylic acids is 2. The third kappa shape index (κ3) is 4.33. The van der Waals surface area contributed by atoms with E-state index in [0.717, 1.165) is 22.0 Å². The van der Waals surface area contributed by atoms with Crippen molar-refractivity contribution < 1.29 is 14.3 Å². The molecule has 0 atom stereocenters. The summed E-state index contributed by atoms with van der Waals surface area (Å²) in [6.45, 7) is 3.46. The molecule has 0 saturated carbocycles. The van der Waals surface area contributed by atoms with Gasteiger partial charge in [0.1, 0.15) is 0 Å². The van der Waals surface area contributed by atoms with E-state index in [0.29, 0.717) is 19.7 Å². The molecule has 0 bridgehead atoms. The number of piperidine rings is 1. The highest BCUT2D eigenvalue weighted by molar-refractivity contribution is 14.1. The van der Waals surface area contributed by atoms with E-state index in [1.165, 1.54) is 0 Å². The molecule has 0 aliphatic carbocycles. The molecular weight excluding hydrogens is 383 g/mol. The summed E-state index contributed by atoms with van der Waals surface area (Å²) < 4.78 is 5.84. The molecule has 1 aromatic rings. The minimum absolute atomic E-state index is 0.0644. The zero-order chi connectivity index (χ0) is 15.2. The van der Waals surface area contributed by atoms with Crippen molar-refractivity contribution in [3.8, 4) is 0 Å². The van der Waals surface area contributed by atoms with Gasteiger partial charge in [-0.3, -0.25) is 4.79 Å². The third-order valence-electron chi connectivity index (χ3n) is 3.48. The van der Waals surface area contributed by atoms with Gasteiger partial charge in [-0.15, -0.1) is 0 Å². The summed E-state index contributed by atoms with van der Waals surface area (Å²) in [5.74, 6) is 0.0644. The van der Waals surface area contributed by atoms with Crippen molar-refractivity contribution in [1.29, 1.82) is 0 Å². The van der Waals surface area contributed by atoms with E-state index in [1.807, 2.05) is 29.2 Å². The lowest BCUT2D eigenvalue weighted by atomic mass is 10.0. The van der Waals surface area contributed by atoms with Crippen LogP contribution < -0.4 is 5.32 Å². The molecule has 0 radical (unpaired) electrons. The number of nitrogens with zero attached hydrogens (tertiary/aromatic N) is 1. The molecule has 1 aliphatic heterocycles. The fourth-order valence-electron chi connectivity index (χ4n) is 2.37. The topological polar surface area (TPSA) is 58.6 Å². The monoisotopic (exact) mass is 402 g/mol. The number of ether oxygens (including phenoxy) is 1. The van der Waals surface area contributed by atoms with Crippen molar-refractivity contribution in [2.45, 2.75) is 25.8 Å². The Bertz CT molecular complexity index is 513. The lowest BCUT2D eigenvalue weighted by Gasteiger charge is -2.32. The molecule has 114 valence electrons. The van der Waals surface area contributed by atoms with Crippen LogP contribution in [-0.4, -0.2) is 42.6 Å². The molecule has 0 unspecified atom stereocenters. The fourth-order valence-corrected chi connectivity index (χ4v) is 2.99. The zero-order valence-corrected chi connectivity index (χ0v) is 14.1. The second kappa shape index (κ2) is 7.63. The van der Waals surface area contributed by atoms with Gasteiger partial charge < -0.3 is 15.0 Å². The number of benzene rings is 1. The number of hydrogen-bond donors (Lipinski definition) is 1. The van der Waals surface area contributed by atoms with Gasteiger partial charge in [0.25, 0.3) is 5.91 Å². The number of amides is 2. The molecule has 21 heavy (non-hydrogen) atoms. The number of alkyl carbamates (subject to hydrolysis) is 1. The maximum absolute atomic E-state index is 12.5. The van der Waals surface area contributed by atoms with Crippen molar-refractivity contribution in [3.05, 3.63) is 33.4 Å². The third-order valence-corrected chi connectivity index (χ3v) is 4.42. The fraction of sp³-hybridized carbons (Fsp3) is 0.467.